The average molecular weight is 289 g/mol. The maximum atomic E-state index is 11.9. The molecule has 108 valence electrons. The molecule has 1 aliphatic carbocycles. The molecule has 1 saturated carbocycles. The van der Waals surface area contributed by atoms with E-state index in [1.807, 2.05) is 0 Å². The van der Waals surface area contributed by atoms with E-state index in [1.165, 1.54) is 0 Å². The summed E-state index contributed by atoms with van der Waals surface area (Å²) in [7, 11) is 0.978. The molecule has 0 aromatic heterocycles. The Hall–Kier alpha value is -1.71. The summed E-state index contributed by atoms with van der Waals surface area (Å²) >= 11 is 0. The summed E-state index contributed by atoms with van der Waals surface area (Å²) in [5, 5.41) is 2.24. The van der Waals surface area contributed by atoms with E-state index in [1.54, 1.807) is 0 Å². The molecule has 1 heterocycles. The van der Waals surface area contributed by atoms with Gasteiger partial charge in [-0.1, -0.05) is 6.04 Å². The highest BCUT2D eigenvalue weighted by atomic mass is 16.5. The van der Waals surface area contributed by atoms with Gasteiger partial charge in [-0.15, -0.1) is 0 Å². The lowest BCUT2D eigenvalue weighted by molar-refractivity contribution is -0.119. The second kappa shape index (κ2) is 5.73. The van der Waals surface area contributed by atoms with E-state index in [4.69, 9.17) is 28.7 Å². The Kier molecular flexibility index (Phi) is 1.33. The molecule has 20 heavy (non-hydrogen) atoms. The van der Waals surface area contributed by atoms with Crippen LogP contribution in [0.2, 0.25) is 0 Å². The fourth-order valence-corrected chi connectivity index (χ4v) is 1.77. The van der Waals surface area contributed by atoms with Crippen LogP contribution in [0.1, 0.15) is 62.5 Å². The lowest BCUT2D eigenvalue weighted by Crippen LogP contribution is -2.14. The van der Waals surface area contributed by atoms with Gasteiger partial charge in [0.15, 0.2) is 11.5 Å². The summed E-state index contributed by atoms with van der Waals surface area (Å²) in [5.41, 5.74) is -0.530. The van der Waals surface area contributed by atoms with E-state index < -0.39 is 85.0 Å². The Morgan fingerprint density at radius 3 is 2.85 bits per heavy atom. The highest BCUT2D eigenvalue weighted by Crippen LogP contribution is 2.35. The molecule has 1 saturated heterocycles. The fraction of sp³-hybridized carbons (Fsp3) is 0.562. The molecule has 0 spiro atoms. The summed E-state index contributed by atoms with van der Waals surface area (Å²) in [6, 6.07) is -2.43. The predicted molar refractivity (Wildman–Crippen MR) is 76.2 cm³/mol. The van der Waals surface area contributed by atoms with Gasteiger partial charge in [0.25, 0.3) is 0 Å². The summed E-state index contributed by atoms with van der Waals surface area (Å²) in [6.07, 6.45) is -20.7. The first kappa shape index (κ1) is 4.65. The number of carbonyl (C=O) groups is 1. The number of rotatable bonds is 4. The standard InChI is InChI=1S/C16H21NO3/c1-19-14-7-6-11(12-9-16(18)17-10-12)8-15(14)20-13-4-2-3-5-13/h6-8,12-13H,2-5,9-10H2,1H3,(H,17,18)/i2D2,3D2,4D2,5D2,6D,7D,8D,9D2,13D. The first-order valence-corrected chi connectivity index (χ1v) is 5.81. The molecule has 2 fully saturated rings. The van der Waals surface area contributed by atoms with Crippen LogP contribution in [0.5, 0.6) is 11.5 Å². The third-order valence-electron chi connectivity index (χ3n) is 2.71. The van der Waals surface area contributed by atoms with Gasteiger partial charge in [0, 0.05) is 32.5 Å². The van der Waals surface area contributed by atoms with Crippen LogP contribution < -0.4 is 14.8 Å². The van der Waals surface area contributed by atoms with Gasteiger partial charge < -0.3 is 14.8 Å². The molecular weight excluding hydrogens is 254 g/mol. The van der Waals surface area contributed by atoms with Crippen LogP contribution in [0.25, 0.3) is 0 Å². The van der Waals surface area contributed by atoms with Gasteiger partial charge in [0.05, 0.1) is 18.7 Å². The molecule has 1 aliphatic heterocycles. The number of benzene rings is 1. The van der Waals surface area contributed by atoms with Crippen molar-refractivity contribution in [3.8, 4) is 11.5 Å². The van der Waals surface area contributed by atoms with E-state index in [2.05, 4.69) is 5.32 Å². The minimum absolute atomic E-state index is 0.367. The maximum Gasteiger partial charge on any atom is 0.220 e. The molecule has 1 unspecified atom stereocenters. The Balaban J connectivity index is 2.31. The number of hydrogen-bond acceptors (Lipinski definition) is 3. The third kappa shape index (κ3) is 2.74. The van der Waals surface area contributed by atoms with Crippen molar-refractivity contribution in [2.75, 3.05) is 13.7 Å². The molecule has 1 aromatic rings. The smallest absolute Gasteiger partial charge is 0.220 e. The topological polar surface area (TPSA) is 47.6 Å². The Morgan fingerprint density at radius 2 is 2.20 bits per heavy atom. The molecule has 1 N–H and O–H groups in total. The van der Waals surface area contributed by atoms with Gasteiger partial charge >= 0.3 is 0 Å². The minimum Gasteiger partial charge on any atom is -0.493 e. The molecule has 3 rings (SSSR count). The van der Waals surface area contributed by atoms with E-state index in [0.29, 0.717) is 0 Å². The third-order valence-corrected chi connectivity index (χ3v) is 2.71. The zero-order chi connectivity index (χ0) is 26.4. The number of amides is 1. The monoisotopic (exact) mass is 289 g/mol. The van der Waals surface area contributed by atoms with E-state index in [9.17, 15) is 4.79 Å². The van der Waals surface area contributed by atoms with Crippen molar-refractivity contribution in [3.63, 3.8) is 0 Å². The quantitative estimate of drug-likeness (QED) is 0.927. The molecule has 4 nitrogen and oxygen atoms in total. The Labute approximate surface area is 139 Å². The molecule has 0 bridgehead atoms. The van der Waals surface area contributed by atoms with Crippen molar-refractivity contribution in [2.45, 2.75) is 43.9 Å². The number of carbonyl (C=O) groups excluding carboxylic acids is 1. The molecule has 1 atom stereocenters. The van der Waals surface area contributed by atoms with Crippen molar-refractivity contribution < 1.29 is 33.5 Å². The highest BCUT2D eigenvalue weighted by molar-refractivity contribution is 5.79. The lowest BCUT2D eigenvalue weighted by atomic mass is 9.98. The second-order valence-electron chi connectivity index (χ2n) is 3.99. The van der Waals surface area contributed by atoms with Crippen molar-refractivity contribution in [3.05, 3.63) is 23.7 Å². The normalized spacial score (nSPS) is 47.2. The highest BCUT2D eigenvalue weighted by Gasteiger charge is 2.25. The van der Waals surface area contributed by atoms with Crippen molar-refractivity contribution in [1.29, 1.82) is 0 Å². The average Bonchev–Trinajstić information content (AvgIpc) is 3.00. The van der Waals surface area contributed by atoms with Gasteiger partial charge in [0.2, 0.25) is 5.91 Å². The molecule has 2 aliphatic rings. The number of hydrogen-bond donors (Lipinski definition) is 1. The van der Waals surface area contributed by atoms with Crippen molar-refractivity contribution >= 4 is 5.91 Å². The first-order chi connectivity index (χ1) is 15.2. The molecule has 4 heteroatoms. The van der Waals surface area contributed by atoms with Crippen LogP contribution in [0.4, 0.5) is 0 Å². The molecule has 0 radical (unpaired) electrons. The summed E-state index contributed by atoms with van der Waals surface area (Å²) in [6.45, 7) is -0.367. The van der Waals surface area contributed by atoms with Gasteiger partial charge in [-0.25, -0.2) is 0 Å². The SMILES string of the molecule is [2H]c1c([2H])c(C2CNC(=O)C2([2H])[2H])c([2H])c(OC2([2H])C([2H])([2H])C([2H])([2H])C([2H])([2H])C2([2H])[2H])c1OC. The van der Waals surface area contributed by atoms with Crippen LogP contribution in [0, 0.1) is 0 Å². The minimum atomic E-state index is -3.66. The van der Waals surface area contributed by atoms with Crippen molar-refractivity contribution in [2.24, 2.45) is 0 Å². The van der Waals surface area contributed by atoms with Crippen LogP contribution >= 0.6 is 0 Å². The zero-order valence-corrected chi connectivity index (χ0v) is 10.5. The fourth-order valence-electron chi connectivity index (χ4n) is 1.77. The predicted octanol–water partition coefficient (Wildman–Crippen LogP) is 2.62. The van der Waals surface area contributed by atoms with Crippen LogP contribution in [0.3, 0.4) is 0 Å². The Morgan fingerprint density at radius 1 is 1.40 bits per heavy atom. The first-order valence-electron chi connectivity index (χ1n) is 12.8. The summed E-state index contributed by atoms with van der Waals surface area (Å²) in [5.74, 6) is -4.22. The lowest BCUT2D eigenvalue weighted by Gasteiger charge is -2.18. The van der Waals surface area contributed by atoms with Gasteiger partial charge in [-0.2, -0.15) is 0 Å². The van der Waals surface area contributed by atoms with Crippen LogP contribution in [-0.4, -0.2) is 25.6 Å². The molecular formula is C16H21NO3. The van der Waals surface area contributed by atoms with Crippen LogP contribution in [0.15, 0.2) is 18.1 Å². The van der Waals surface area contributed by atoms with E-state index in [-0.39, 0.29) is 6.54 Å². The maximum absolute atomic E-state index is 11.9. The zero-order valence-electron chi connectivity index (χ0n) is 24.5. The van der Waals surface area contributed by atoms with E-state index >= 15 is 0 Å². The molecule has 1 aromatic carbocycles. The van der Waals surface area contributed by atoms with Gasteiger partial charge in [0.1, 0.15) is 0 Å². The van der Waals surface area contributed by atoms with Gasteiger partial charge in [-0.05, 0) is 43.1 Å². The summed E-state index contributed by atoms with van der Waals surface area (Å²) < 4.78 is 124. The second-order valence-corrected chi connectivity index (χ2v) is 3.99. The van der Waals surface area contributed by atoms with E-state index in [0.717, 1.165) is 7.11 Å². The van der Waals surface area contributed by atoms with Gasteiger partial charge in [-0.3, -0.25) is 4.79 Å². The largest absolute Gasteiger partial charge is 0.493 e. The van der Waals surface area contributed by atoms with Crippen LogP contribution in [-0.2, 0) is 4.79 Å². The Bertz CT molecular complexity index is 1030. The number of ether oxygens (including phenoxy) is 2. The number of methoxy groups -OCH3 is 1. The van der Waals surface area contributed by atoms with Crippen molar-refractivity contribution in [1.82, 2.24) is 5.32 Å². The summed E-state index contributed by atoms with van der Waals surface area (Å²) in [4.78, 5) is 11.9. The molecule has 1 amide bonds. The number of nitrogens with one attached hydrogen (secondary N) is 1.